The summed E-state index contributed by atoms with van der Waals surface area (Å²) in [6.45, 7) is 9.44. The van der Waals surface area contributed by atoms with Crippen LogP contribution >= 0.6 is 0 Å². The minimum Gasteiger partial charge on any atom is -0.361 e. The highest BCUT2D eigenvalue weighted by Gasteiger charge is 2.24. The molecule has 1 aromatic rings. The van der Waals surface area contributed by atoms with Gasteiger partial charge in [-0.15, -0.1) is 0 Å². The van der Waals surface area contributed by atoms with E-state index in [4.69, 9.17) is 4.52 Å². The van der Waals surface area contributed by atoms with E-state index in [0.29, 0.717) is 12.1 Å². The first-order valence-corrected chi connectivity index (χ1v) is 5.56. The highest BCUT2D eigenvalue weighted by atomic mass is 16.5. The Kier molecular flexibility index (Phi) is 3.07. The van der Waals surface area contributed by atoms with Crippen LogP contribution in [0.5, 0.6) is 0 Å². The Bertz CT molecular complexity index is 323. The standard InChI is InChI=1S/C11H19N3O/c1-8-6-11(13-15-8)7-14-5-4-12-9(2)10(14)3/h6,9-10,12H,4-5,7H2,1-3H3. The molecule has 0 spiro atoms. The van der Waals surface area contributed by atoms with Crippen LogP contribution in [0.15, 0.2) is 10.6 Å². The molecule has 1 fully saturated rings. The third-order valence-corrected chi connectivity index (χ3v) is 3.21. The maximum Gasteiger partial charge on any atom is 0.133 e. The molecule has 0 saturated carbocycles. The first-order valence-electron chi connectivity index (χ1n) is 5.56. The first kappa shape index (κ1) is 10.6. The highest BCUT2D eigenvalue weighted by Crippen LogP contribution is 2.13. The van der Waals surface area contributed by atoms with Crippen molar-refractivity contribution < 1.29 is 4.52 Å². The third kappa shape index (κ3) is 2.38. The van der Waals surface area contributed by atoms with Gasteiger partial charge in [-0.05, 0) is 20.8 Å². The van der Waals surface area contributed by atoms with Crippen molar-refractivity contribution in [3.63, 3.8) is 0 Å². The number of aromatic nitrogens is 1. The molecule has 2 atom stereocenters. The van der Waals surface area contributed by atoms with E-state index in [2.05, 4.69) is 29.2 Å². The molecule has 1 aliphatic rings. The summed E-state index contributed by atoms with van der Waals surface area (Å²) in [4.78, 5) is 2.44. The van der Waals surface area contributed by atoms with E-state index in [9.17, 15) is 0 Å². The molecular weight excluding hydrogens is 190 g/mol. The van der Waals surface area contributed by atoms with Crippen molar-refractivity contribution in [2.24, 2.45) is 0 Å². The Morgan fingerprint density at radius 3 is 3.07 bits per heavy atom. The topological polar surface area (TPSA) is 41.3 Å². The second-order valence-electron chi connectivity index (χ2n) is 4.38. The van der Waals surface area contributed by atoms with Gasteiger partial charge in [-0.3, -0.25) is 4.90 Å². The molecule has 0 amide bonds. The predicted molar refractivity (Wildman–Crippen MR) is 58.6 cm³/mol. The maximum absolute atomic E-state index is 5.08. The highest BCUT2D eigenvalue weighted by molar-refractivity contribution is 5.04. The summed E-state index contributed by atoms with van der Waals surface area (Å²) in [5, 5.41) is 7.50. The van der Waals surface area contributed by atoms with Gasteiger partial charge in [0.05, 0.1) is 5.69 Å². The molecule has 2 heterocycles. The van der Waals surface area contributed by atoms with Gasteiger partial charge in [0.25, 0.3) is 0 Å². The monoisotopic (exact) mass is 209 g/mol. The van der Waals surface area contributed by atoms with Crippen molar-refractivity contribution in [3.8, 4) is 0 Å². The van der Waals surface area contributed by atoms with Gasteiger partial charge in [0, 0.05) is 37.8 Å². The minimum absolute atomic E-state index is 0.548. The molecule has 2 unspecified atom stereocenters. The summed E-state index contributed by atoms with van der Waals surface area (Å²) in [5.74, 6) is 0.890. The normalized spacial score (nSPS) is 28.2. The molecule has 1 aliphatic heterocycles. The van der Waals surface area contributed by atoms with Gasteiger partial charge < -0.3 is 9.84 Å². The lowest BCUT2D eigenvalue weighted by Gasteiger charge is -2.38. The fourth-order valence-corrected chi connectivity index (χ4v) is 2.05. The minimum atomic E-state index is 0.548. The predicted octanol–water partition coefficient (Wildman–Crippen LogP) is 1.17. The summed E-state index contributed by atoms with van der Waals surface area (Å²) in [6, 6.07) is 3.11. The number of nitrogens with one attached hydrogen (secondary N) is 1. The number of aryl methyl sites for hydroxylation is 1. The zero-order valence-electron chi connectivity index (χ0n) is 9.66. The number of nitrogens with zero attached hydrogens (tertiary/aromatic N) is 2. The van der Waals surface area contributed by atoms with Crippen LogP contribution in [0.3, 0.4) is 0 Å². The molecular formula is C11H19N3O. The second kappa shape index (κ2) is 4.33. The van der Waals surface area contributed by atoms with Gasteiger partial charge in [-0.25, -0.2) is 0 Å². The molecule has 15 heavy (non-hydrogen) atoms. The molecule has 0 bridgehead atoms. The van der Waals surface area contributed by atoms with Crippen LogP contribution in [-0.2, 0) is 6.54 Å². The van der Waals surface area contributed by atoms with Crippen LogP contribution in [0.2, 0.25) is 0 Å². The quantitative estimate of drug-likeness (QED) is 0.793. The lowest BCUT2D eigenvalue weighted by Crippen LogP contribution is -2.54. The molecule has 84 valence electrons. The summed E-state index contributed by atoms with van der Waals surface area (Å²) in [5.41, 5.74) is 1.04. The molecule has 0 aromatic carbocycles. The fraction of sp³-hybridized carbons (Fsp3) is 0.727. The first-order chi connectivity index (χ1) is 7.16. The van der Waals surface area contributed by atoms with Gasteiger partial charge in [0.15, 0.2) is 0 Å². The molecule has 2 rings (SSSR count). The van der Waals surface area contributed by atoms with E-state index in [1.807, 2.05) is 13.0 Å². The van der Waals surface area contributed by atoms with Crippen LogP contribution in [0.4, 0.5) is 0 Å². The van der Waals surface area contributed by atoms with Crippen LogP contribution in [0.25, 0.3) is 0 Å². The van der Waals surface area contributed by atoms with Crippen LogP contribution in [0, 0.1) is 6.92 Å². The van der Waals surface area contributed by atoms with Crippen molar-refractivity contribution >= 4 is 0 Å². The van der Waals surface area contributed by atoms with Crippen LogP contribution in [-0.4, -0.2) is 35.2 Å². The van der Waals surface area contributed by atoms with Crippen LogP contribution in [0.1, 0.15) is 25.3 Å². The average molecular weight is 209 g/mol. The summed E-state index contributed by atoms with van der Waals surface area (Å²) < 4.78 is 5.08. The third-order valence-electron chi connectivity index (χ3n) is 3.21. The number of hydrogen-bond acceptors (Lipinski definition) is 4. The van der Waals surface area contributed by atoms with Crippen LogP contribution < -0.4 is 5.32 Å². The zero-order valence-corrected chi connectivity index (χ0v) is 9.66. The summed E-state index contributed by atoms with van der Waals surface area (Å²) >= 11 is 0. The zero-order chi connectivity index (χ0) is 10.8. The van der Waals surface area contributed by atoms with E-state index in [-0.39, 0.29) is 0 Å². The number of hydrogen-bond donors (Lipinski definition) is 1. The SMILES string of the molecule is Cc1cc(CN2CCNC(C)C2C)no1. The number of piperazine rings is 1. The maximum atomic E-state index is 5.08. The summed E-state index contributed by atoms with van der Waals surface area (Å²) in [6.07, 6.45) is 0. The Morgan fingerprint density at radius 1 is 1.60 bits per heavy atom. The summed E-state index contributed by atoms with van der Waals surface area (Å²) in [7, 11) is 0. The molecule has 1 aromatic heterocycles. The largest absolute Gasteiger partial charge is 0.361 e. The van der Waals surface area contributed by atoms with E-state index < -0.39 is 0 Å². The van der Waals surface area contributed by atoms with Gasteiger partial charge >= 0.3 is 0 Å². The van der Waals surface area contributed by atoms with Gasteiger partial charge in [-0.1, -0.05) is 5.16 Å². The van der Waals surface area contributed by atoms with E-state index in [0.717, 1.165) is 31.1 Å². The molecule has 1 N–H and O–H groups in total. The van der Waals surface area contributed by atoms with Gasteiger partial charge in [0.2, 0.25) is 0 Å². The van der Waals surface area contributed by atoms with E-state index >= 15 is 0 Å². The molecule has 1 saturated heterocycles. The fourth-order valence-electron chi connectivity index (χ4n) is 2.05. The smallest absolute Gasteiger partial charge is 0.133 e. The molecule has 0 aliphatic carbocycles. The Morgan fingerprint density at radius 2 is 2.40 bits per heavy atom. The molecule has 0 radical (unpaired) electrons. The van der Waals surface area contributed by atoms with Crippen molar-refractivity contribution in [1.82, 2.24) is 15.4 Å². The Labute approximate surface area is 90.6 Å². The Hall–Kier alpha value is -0.870. The lowest BCUT2D eigenvalue weighted by atomic mass is 10.1. The molecule has 4 nitrogen and oxygen atoms in total. The Balaban J connectivity index is 1.99. The molecule has 4 heteroatoms. The second-order valence-corrected chi connectivity index (χ2v) is 4.38. The van der Waals surface area contributed by atoms with Gasteiger partial charge in [-0.2, -0.15) is 0 Å². The number of rotatable bonds is 2. The van der Waals surface area contributed by atoms with Crippen molar-refractivity contribution in [3.05, 3.63) is 17.5 Å². The van der Waals surface area contributed by atoms with Crippen molar-refractivity contribution in [1.29, 1.82) is 0 Å². The lowest BCUT2D eigenvalue weighted by molar-refractivity contribution is 0.127. The van der Waals surface area contributed by atoms with Crippen molar-refractivity contribution in [2.45, 2.75) is 39.4 Å². The average Bonchev–Trinajstić information content (AvgIpc) is 2.59. The van der Waals surface area contributed by atoms with E-state index in [1.54, 1.807) is 0 Å². The van der Waals surface area contributed by atoms with Crippen molar-refractivity contribution in [2.75, 3.05) is 13.1 Å². The van der Waals surface area contributed by atoms with Gasteiger partial charge in [0.1, 0.15) is 5.76 Å². The van der Waals surface area contributed by atoms with E-state index in [1.165, 1.54) is 0 Å².